The molecule has 0 bridgehead atoms. The molecule has 1 fully saturated rings. The van der Waals surface area contributed by atoms with Crippen molar-refractivity contribution in [2.45, 2.75) is 18.9 Å². The summed E-state index contributed by atoms with van der Waals surface area (Å²) in [6, 6.07) is 17.2. The molecular formula is C19H21N3. The van der Waals surface area contributed by atoms with Crippen LogP contribution in [0.3, 0.4) is 0 Å². The van der Waals surface area contributed by atoms with Crippen LogP contribution in [0.4, 0.5) is 11.4 Å². The number of fused-ring (bicyclic) bond motifs is 2. The highest BCUT2D eigenvalue weighted by atomic mass is 15.2. The second-order valence-electron chi connectivity index (χ2n) is 6.31. The van der Waals surface area contributed by atoms with Crippen molar-refractivity contribution in [2.75, 3.05) is 25.5 Å². The zero-order valence-corrected chi connectivity index (χ0v) is 13.2. The molecule has 2 aliphatic heterocycles. The molecule has 0 aromatic heterocycles. The number of rotatable bonds is 2. The maximum Gasteiger partial charge on any atom is 0.113 e. The highest BCUT2D eigenvalue weighted by molar-refractivity contribution is 5.95. The van der Waals surface area contributed by atoms with Gasteiger partial charge in [0.2, 0.25) is 0 Å². The van der Waals surface area contributed by atoms with E-state index in [9.17, 15) is 0 Å². The number of hydrogen-bond donors (Lipinski definition) is 0. The van der Waals surface area contributed by atoms with Crippen molar-refractivity contribution in [2.24, 2.45) is 4.99 Å². The van der Waals surface area contributed by atoms with Crippen LogP contribution in [-0.2, 0) is 6.54 Å². The minimum Gasteiger partial charge on any atom is -0.377 e. The topological polar surface area (TPSA) is 18.8 Å². The van der Waals surface area contributed by atoms with Crippen LogP contribution in [-0.4, -0.2) is 31.4 Å². The average molecular weight is 291 g/mol. The van der Waals surface area contributed by atoms with Crippen molar-refractivity contribution in [1.29, 1.82) is 0 Å². The van der Waals surface area contributed by atoms with Gasteiger partial charge in [-0.3, -0.25) is 0 Å². The largest absolute Gasteiger partial charge is 0.377 e. The summed E-state index contributed by atoms with van der Waals surface area (Å²) in [5.41, 5.74) is 5.18. The Balaban J connectivity index is 1.78. The molecular weight excluding hydrogens is 270 g/mol. The highest BCUT2D eigenvalue weighted by Gasteiger charge is 2.34. The van der Waals surface area contributed by atoms with Gasteiger partial charge < -0.3 is 9.80 Å². The first-order chi connectivity index (χ1) is 10.7. The lowest BCUT2D eigenvalue weighted by atomic mass is 9.94. The van der Waals surface area contributed by atoms with E-state index >= 15 is 0 Å². The summed E-state index contributed by atoms with van der Waals surface area (Å²) in [4.78, 5) is 9.64. The van der Waals surface area contributed by atoms with E-state index in [0.717, 1.165) is 25.2 Å². The lowest BCUT2D eigenvalue weighted by Gasteiger charge is -2.28. The predicted octanol–water partition coefficient (Wildman–Crippen LogP) is 3.79. The summed E-state index contributed by atoms with van der Waals surface area (Å²) in [5, 5.41) is 0. The van der Waals surface area contributed by atoms with E-state index < -0.39 is 0 Å². The zero-order valence-electron chi connectivity index (χ0n) is 13.2. The third-order valence-electron chi connectivity index (χ3n) is 4.71. The smallest absolute Gasteiger partial charge is 0.113 e. The Bertz CT molecular complexity index is 733. The molecule has 1 saturated heterocycles. The van der Waals surface area contributed by atoms with Crippen molar-refractivity contribution in [1.82, 2.24) is 4.90 Å². The first-order valence-corrected chi connectivity index (χ1v) is 7.92. The minimum absolute atomic E-state index is 0.409. The van der Waals surface area contributed by atoms with Gasteiger partial charge in [-0.2, -0.15) is 0 Å². The number of aliphatic imine (C=N–C) groups is 1. The minimum atomic E-state index is 0.409. The van der Waals surface area contributed by atoms with Crippen LogP contribution in [0.15, 0.2) is 53.5 Å². The summed E-state index contributed by atoms with van der Waals surface area (Å²) >= 11 is 0. The van der Waals surface area contributed by atoms with Crippen LogP contribution in [0.5, 0.6) is 0 Å². The van der Waals surface area contributed by atoms with E-state index in [1.165, 1.54) is 22.6 Å². The van der Waals surface area contributed by atoms with E-state index in [2.05, 4.69) is 72.4 Å². The second kappa shape index (κ2) is 5.16. The standard InChI is InChI=1S/C19H21N3/c1-21(2)18-10-6-4-8-15(18)16-11-12-22-13-14-7-3-5-9-17(14)20-19(16)22/h3-10,16H,11-13H2,1-2H3. The van der Waals surface area contributed by atoms with Crippen LogP contribution in [0.25, 0.3) is 0 Å². The summed E-state index contributed by atoms with van der Waals surface area (Å²) in [6.45, 7) is 2.09. The van der Waals surface area contributed by atoms with E-state index in [4.69, 9.17) is 4.99 Å². The summed E-state index contributed by atoms with van der Waals surface area (Å²) in [7, 11) is 4.23. The number of anilines is 1. The number of benzene rings is 2. The molecule has 0 amide bonds. The fourth-order valence-corrected chi connectivity index (χ4v) is 3.62. The fraction of sp³-hybridized carbons (Fsp3) is 0.316. The van der Waals surface area contributed by atoms with Gasteiger partial charge in [-0.1, -0.05) is 36.4 Å². The molecule has 3 nitrogen and oxygen atoms in total. The molecule has 3 heteroatoms. The van der Waals surface area contributed by atoms with Crippen LogP contribution >= 0.6 is 0 Å². The van der Waals surface area contributed by atoms with Crippen molar-refractivity contribution < 1.29 is 0 Å². The Morgan fingerprint density at radius 2 is 1.82 bits per heavy atom. The molecule has 112 valence electrons. The molecule has 2 aliphatic rings. The zero-order chi connectivity index (χ0) is 15.1. The van der Waals surface area contributed by atoms with Crippen LogP contribution in [0.2, 0.25) is 0 Å². The van der Waals surface area contributed by atoms with Crippen molar-refractivity contribution >= 4 is 17.2 Å². The fourth-order valence-electron chi connectivity index (χ4n) is 3.62. The van der Waals surface area contributed by atoms with Gasteiger partial charge in [0.15, 0.2) is 0 Å². The number of nitrogens with zero attached hydrogens (tertiary/aromatic N) is 3. The molecule has 1 unspecified atom stereocenters. The SMILES string of the molecule is CN(C)c1ccccc1C1CCN2Cc3ccccc3N=C12. The number of amidine groups is 1. The van der Waals surface area contributed by atoms with Gasteiger partial charge in [0, 0.05) is 38.8 Å². The summed E-state index contributed by atoms with van der Waals surface area (Å²) < 4.78 is 0. The van der Waals surface area contributed by atoms with Gasteiger partial charge in [-0.05, 0) is 29.7 Å². The molecule has 2 heterocycles. The first kappa shape index (κ1) is 13.4. The molecule has 0 spiro atoms. The van der Waals surface area contributed by atoms with Crippen LogP contribution in [0.1, 0.15) is 23.5 Å². The molecule has 2 aromatic rings. The Morgan fingerprint density at radius 3 is 2.68 bits per heavy atom. The monoisotopic (exact) mass is 291 g/mol. The van der Waals surface area contributed by atoms with Gasteiger partial charge in [0.25, 0.3) is 0 Å². The third-order valence-corrected chi connectivity index (χ3v) is 4.71. The van der Waals surface area contributed by atoms with Crippen LogP contribution in [0, 0.1) is 0 Å². The van der Waals surface area contributed by atoms with Gasteiger partial charge in [-0.25, -0.2) is 4.99 Å². The Kier molecular flexibility index (Phi) is 3.14. The Hall–Kier alpha value is -2.29. The summed E-state index contributed by atoms with van der Waals surface area (Å²) in [6.07, 6.45) is 1.15. The van der Waals surface area contributed by atoms with Crippen molar-refractivity contribution in [3.63, 3.8) is 0 Å². The molecule has 1 atom stereocenters. The summed E-state index contributed by atoms with van der Waals surface area (Å²) in [5.74, 6) is 1.65. The maximum atomic E-state index is 4.99. The molecule has 0 N–H and O–H groups in total. The second-order valence-corrected chi connectivity index (χ2v) is 6.31. The maximum absolute atomic E-state index is 4.99. The molecule has 0 saturated carbocycles. The number of hydrogen-bond acceptors (Lipinski definition) is 3. The molecule has 22 heavy (non-hydrogen) atoms. The average Bonchev–Trinajstić information content (AvgIpc) is 2.95. The lowest BCUT2D eigenvalue weighted by molar-refractivity contribution is 0.443. The van der Waals surface area contributed by atoms with E-state index in [0.29, 0.717) is 5.92 Å². The highest BCUT2D eigenvalue weighted by Crippen LogP contribution is 2.39. The van der Waals surface area contributed by atoms with Gasteiger partial charge in [0.05, 0.1) is 5.69 Å². The Labute approximate surface area is 131 Å². The normalized spacial score (nSPS) is 19.5. The predicted molar refractivity (Wildman–Crippen MR) is 92.1 cm³/mol. The van der Waals surface area contributed by atoms with Gasteiger partial charge in [0.1, 0.15) is 5.84 Å². The van der Waals surface area contributed by atoms with E-state index in [1.807, 2.05) is 0 Å². The van der Waals surface area contributed by atoms with Gasteiger partial charge >= 0.3 is 0 Å². The lowest BCUT2D eigenvalue weighted by Crippen LogP contribution is -2.29. The molecule has 0 aliphatic carbocycles. The van der Waals surface area contributed by atoms with Crippen molar-refractivity contribution in [3.05, 3.63) is 59.7 Å². The first-order valence-electron chi connectivity index (χ1n) is 7.92. The quantitative estimate of drug-likeness (QED) is 0.838. The molecule has 0 radical (unpaired) electrons. The van der Waals surface area contributed by atoms with Crippen molar-refractivity contribution in [3.8, 4) is 0 Å². The third kappa shape index (κ3) is 2.08. The van der Waals surface area contributed by atoms with Gasteiger partial charge in [-0.15, -0.1) is 0 Å². The van der Waals surface area contributed by atoms with E-state index in [1.54, 1.807) is 0 Å². The van der Waals surface area contributed by atoms with Crippen LogP contribution < -0.4 is 4.90 Å². The molecule has 4 rings (SSSR count). The molecule has 2 aromatic carbocycles. The number of para-hydroxylation sites is 2. The van der Waals surface area contributed by atoms with E-state index in [-0.39, 0.29) is 0 Å². The Morgan fingerprint density at radius 1 is 1.05 bits per heavy atom.